The number of amides is 1. The molecule has 3 rings (SSSR count). The van der Waals surface area contributed by atoms with E-state index in [4.69, 9.17) is 5.73 Å². The van der Waals surface area contributed by atoms with Crippen LogP contribution in [-0.4, -0.2) is 15.9 Å². The molecule has 0 bridgehead atoms. The lowest BCUT2D eigenvalue weighted by Gasteiger charge is -2.30. The number of benzene rings is 1. The van der Waals surface area contributed by atoms with E-state index in [1.807, 2.05) is 49.1 Å². The standard InChI is InChI=1S/C23H26N4O/c1-16-12-21(13-22(24)28)18(3)23(17(16)2)27(14-19-4-8-25-9-5-19)15-20-6-10-26-11-7-20/h4-12H,13-15H2,1-3H3,(H2,24,28). The summed E-state index contributed by atoms with van der Waals surface area (Å²) in [6.45, 7) is 7.78. The number of carbonyl (C=O) groups excluding carboxylic acids is 1. The van der Waals surface area contributed by atoms with Crippen LogP contribution < -0.4 is 10.6 Å². The lowest BCUT2D eigenvalue weighted by molar-refractivity contribution is -0.117. The van der Waals surface area contributed by atoms with Gasteiger partial charge in [0.15, 0.2) is 0 Å². The van der Waals surface area contributed by atoms with E-state index in [1.54, 1.807) is 0 Å². The first-order valence-corrected chi connectivity index (χ1v) is 9.36. The average Bonchev–Trinajstić information content (AvgIpc) is 2.67. The summed E-state index contributed by atoms with van der Waals surface area (Å²) in [5.74, 6) is -0.313. The van der Waals surface area contributed by atoms with Gasteiger partial charge in [-0.1, -0.05) is 6.07 Å². The van der Waals surface area contributed by atoms with E-state index in [0.29, 0.717) is 0 Å². The van der Waals surface area contributed by atoms with E-state index < -0.39 is 0 Å². The summed E-state index contributed by atoms with van der Waals surface area (Å²) in [4.78, 5) is 22.2. The van der Waals surface area contributed by atoms with Crippen LogP contribution in [-0.2, 0) is 24.3 Å². The fraction of sp³-hybridized carbons (Fsp3) is 0.261. The average molecular weight is 374 g/mol. The van der Waals surface area contributed by atoms with Gasteiger partial charge in [0.05, 0.1) is 6.42 Å². The van der Waals surface area contributed by atoms with Gasteiger partial charge in [0, 0.05) is 43.6 Å². The van der Waals surface area contributed by atoms with Crippen LogP contribution in [0.15, 0.2) is 55.1 Å². The van der Waals surface area contributed by atoms with Crippen LogP contribution in [0.4, 0.5) is 5.69 Å². The Morgan fingerprint density at radius 2 is 1.39 bits per heavy atom. The van der Waals surface area contributed by atoms with E-state index in [0.717, 1.165) is 35.5 Å². The molecule has 0 aliphatic heterocycles. The number of nitrogens with two attached hydrogens (primary N) is 1. The largest absolute Gasteiger partial charge is 0.369 e. The van der Waals surface area contributed by atoms with Crippen LogP contribution in [0.2, 0.25) is 0 Å². The Morgan fingerprint density at radius 1 is 0.893 bits per heavy atom. The van der Waals surface area contributed by atoms with Crippen molar-refractivity contribution >= 4 is 11.6 Å². The summed E-state index contributed by atoms with van der Waals surface area (Å²) in [5.41, 5.74) is 13.5. The van der Waals surface area contributed by atoms with Crippen molar-refractivity contribution in [2.75, 3.05) is 4.90 Å². The predicted octanol–water partition coefficient (Wildman–Crippen LogP) is 3.64. The van der Waals surface area contributed by atoms with Crippen LogP contribution >= 0.6 is 0 Å². The van der Waals surface area contributed by atoms with Crippen molar-refractivity contribution in [3.05, 3.63) is 88.5 Å². The van der Waals surface area contributed by atoms with Gasteiger partial charge in [-0.05, 0) is 78.4 Å². The fourth-order valence-corrected chi connectivity index (χ4v) is 3.57. The highest BCUT2D eigenvalue weighted by atomic mass is 16.1. The van der Waals surface area contributed by atoms with E-state index in [2.05, 4.69) is 41.7 Å². The first-order valence-electron chi connectivity index (χ1n) is 9.36. The first-order chi connectivity index (χ1) is 13.5. The Balaban J connectivity index is 2.08. The molecule has 2 aromatic heterocycles. The van der Waals surface area contributed by atoms with Crippen molar-refractivity contribution < 1.29 is 4.79 Å². The molecule has 0 atom stereocenters. The van der Waals surface area contributed by atoms with Crippen molar-refractivity contribution in [2.45, 2.75) is 40.3 Å². The molecule has 2 N–H and O–H groups in total. The topological polar surface area (TPSA) is 72.1 Å². The summed E-state index contributed by atoms with van der Waals surface area (Å²) in [7, 11) is 0. The molecule has 5 nitrogen and oxygen atoms in total. The SMILES string of the molecule is Cc1cc(CC(N)=O)c(C)c(N(Cc2ccncc2)Cc2ccncc2)c1C. The zero-order valence-corrected chi connectivity index (χ0v) is 16.6. The summed E-state index contributed by atoms with van der Waals surface area (Å²) in [6, 6.07) is 10.2. The van der Waals surface area contributed by atoms with Gasteiger partial charge in [0.1, 0.15) is 0 Å². The van der Waals surface area contributed by atoms with Crippen molar-refractivity contribution in [3.8, 4) is 0 Å². The third-order valence-corrected chi connectivity index (χ3v) is 5.10. The van der Waals surface area contributed by atoms with Gasteiger partial charge in [-0.25, -0.2) is 0 Å². The summed E-state index contributed by atoms with van der Waals surface area (Å²) < 4.78 is 0. The first kappa shape index (κ1) is 19.5. The number of hydrogen-bond acceptors (Lipinski definition) is 4. The number of nitrogens with zero attached hydrogens (tertiary/aromatic N) is 3. The van der Waals surface area contributed by atoms with Crippen LogP contribution in [0.1, 0.15) is 33.4 Å². The number of anilines is 1. The minimum atomic E-state index is -0.313. The van der Waals surface area contributed by atoms with Gasteiger partial charge in [-0.15, -0.1) is 0 Å². The summed E-state index contributed by atoms with van der Waals surface area (Å²) in [5, 5.41) is 0. The number of rotatable bonds is 7. The second-order valence-electron chi connectivity index (χ2n) is 7.16. The van der Waals surface area contributed by atoms with E-state index in [9.17, 15) is 4.79 Å². The molecule has 144 valence electrons. The second kappa shape index (κ2) is 8.65. The molecular weight excluding hydrogens is 348 g/mol. The smallest absolute Gasteiger partial charge is 0.221 e. The fourth-order valence-electron chi connectivity index (χ4n) is 3.57. The van der Waals surface area contributed by atoms with Crippen LogP contribution in [0.5, 0.6) is 0 Å². The third kappa shape index (κ3) is 4.55. The van der Waals surface area contributed by atoms with Gasteiger partial charge in [0.2, 0.25) is 5.91 Å². The zero-order valence-electron chi connectivity index (χ0n) is 16.6. The summed E-state index contributed by atoms with van der Waals surface area (Å²) in [6.07, 6.45) is 7.50. The zero-order chi connectivity index (χ0) is 20.1. The minimum Gasteiger partial charge on any atom is -0.369 e. The van der Waals surface area contributed by atoms with Crippen LogP contribution in [0, 0.1) is 20.8 Å². The number of pyridine rings is 2. The summed E-state index contributed by atoms with van der Waals surface area (Å²) >= 11 is 0. The van der Waals surface area contributed by atoms with Gasteiger partial charge in [-0.3, -0.25) is 14.8 Å². The van der Waals surface area contributed by atoms with Crippen LogP contribution in [0.25, 0.3) is 0 Å². The molecule has 0 saturated carbocycles. The maximum Gasteiger partial charge on any atom is 0.221 e. The minimum absolute atomic E-state index is 0.248. The van der Waals surface area contributed by atoms with Gasteiger partial charge < -0.3 is 10.6 Å². The highest BCUT2D eigenvalue weighted by molar-refractivity contribution is 5.78. The van der Waals surface area contributed by atoms with E-state index >= 15 is 0 Å². The normalized spacial score (nSPS) is 10.7. The maximum absolute atomic E-state index is 11.6. The molecule has 5 heteroatoms. The molecule has 0 unspecified atom stereocenters. The van der Waals surface area contributed by atoms with Crippen molar-refractivity contribution in [1.29, 1.82) is 0 Å². The third-order valence-electron chi connectivity index (χ3n) is 5.10. The van der Waals surface area contributed by atoms with Crippen molar-refractivity contribution in [1.82, 2.24) is 9.97 Å². The highest BCUT2D eigenvalue weighted by Crippen LogP contribution is 2.33. The molecular formula is C23H26N4O. The molecule has 2 heterocycles. The maximum atomic E-state index is 11.6. The van der Waals surface area contributed by atoms with Crippen molar-refractivity contribution in [2.24, 2.45) is 5.73 Å². The highest BCUT2D eigenvalue weighted by Gasteiger charge is 2.18. The molecule has 1 amide bonds. The lowest BCUT2D eigenvalue weighted by Crippen LogP contribution is -2.25. The molecule has 0 radical (unpaired) electrons. The molecule has 0 aliphatic rings. The Morgan fingerprint density at radius 3 is 1.86 bits per heavy atom. The predicted molar refractivity (Wildman–Crippen MR) is 112 cm³/mol. The molecule has 28 heavy (non-hydrogen) atoms. The van der Waals surface area contributed by atoms with Gasteiger partial charge in [-0.2, -0.15) is 0 Å². The molecule has 0 fully saturated rings. The van der Waals surface area contributed by atoms with Crippen molar-refractivity contribution in [3.63, 3.8) is 0 Å². The number of aromatic nitrogens is 2. The second-order valence-corrected chi connectivity index (χ2v) is 7.16. The Kier molecular flexibility index (Phi) is 6.04. The Bertz CT molecular complexity index is 914. The van der Waals surface area contributed by atoms with Gasteiger partial charge >= 0.3 is 0 Å². The molecule has 3 aromatic rings. The molecule has 0 spiro atoms. The van der Waals surface area contributed by atoms with E-state index in [1.165, 1.54) is 16.7 Å². The molecule has 0 aliphatic carbocycles. The van der Waals surface area contributed by atoms with Crippen LogP contribution in [0.3, 0.4) is 0 Å². The monoisotopic (exact) mass is 374 g/mol. The Hall–Kier alpha value is -3.21. The molecule has 1 aromatic carbocycles. The quantitative estimate of drug-likeness (QED) is 0.685. The molecule has 0 saturated heterocycles. The number of aryl methyl sites for hydroxylation is 1. The number of hydrogen-bond donors (Lipinski definition) is 1. The number of primary amides is 1. The van der Waals surface area contributed by atoms with Gasteiger partial charge in [0.25, 0.3) is 0 Å². The number of carbonyl (C=O) groups is 1. The lowest BCUT2D eigenvalue weighted by atomic mass is 9.94. The van der Waals surface area contributed by atoms with E-state index in [-0.39, 0.29) is 12.3 Å². The Labute approximate surface area is 166 Å².